The summed E-state index contributed by atoms with van der Waals surface area (Å²) in [5, 5.41) is 14.3. The molecule has 0 heterocycles. The number of ether oxygens (including phenoxy) is 1. The van der Waals surface area contributed by atoms with Crippen molar-refractivity contribution in [3.8, 4) is 5.75 Å². The third-order valence-corrected chi connectivity index (χ3v) is 5.70. The summed E-state index contributed by atoms with van der Waals surface area (Å²) in [5.41, 5.74) is 3.42. The number of nitrogens with one attached hydrogen (secondary N) is 1. The number of nitrogens with zero attached hydrogens (tertiary/aromatic N) is 3. The fourth-order valence-electron chi connectivity index (χ4n) is 2.34. The minimum Gasteiger partial charge on any atom is -0.495 e. The third kappa shape index (κ3) is 5.59. The Kier molecular flexibility index (Phi) is 7.02. The van der Waals surface area contributed by atoms with Crippen LogP contribution >= 0.6 is 0 Å². The monoisotopic (exact) mass is 420 g/mol. The van der Waals surface area contributed by atoms with E-state index in [1.54, 1.807) is 19.1 Å². The highest BCUT2D eigenvalue weighted by atomic mass is 32.2. The average Bonchev–Trinajstić information content (AvgIpc) is 2.68. The summed E-state index contributed by atoms with van der Waals surface area (Å²) in [6.07, 6.45) is 1.29. The minimum absolute atomic E-state index is 0.0373. The molecule has 0 unspecified atom stereocenters. The molecule has 2 rings (SSSR count). The Bertz CT molecular complexity index is 1030. The van der Waals surface area contributed by atoms with E-state index in [0.29, 0.717) is 5.56 Å². The summed E-state index contributed by atoms with van der Waals surface area (Å²) in [5.74, 6) is -0.472. The van der Waals surface area contributed by atoms with E-state index in [-0.39, 0.29) is 16.3 Å². The van der Waals surface area contributed by atoms with Crippen molar-refractivity contribution < 1.29 is 22.9 Å². The molecule has 0 bridgehead atoms. The summed E-state index contributed by atoms with van der Waals surface area (Å²) in [7, 11) is -1.32. The van der Waals surface area contributed by atoms with E-state index < -0.39 is 27.4 Å². The molecule has 0 radical (unpaired) electrons. The van der Waals surface area contributed by atoms with Crippen molar-refractivity contribution in [3.05, 3.63) is 63.7 Å². The number of carbonyl (C=O) groups excluding carboxylic acids is 1. The molecule has 154 valence electrons. The molecule has 2 aromatic rings. The molecular weight excluding hydrogens is 400 g/mol. The zero-order valence-electron chi connectivity index (χ0n) is 16.0. The Morgan fingerprint density at radius 1 is 1.28 bits per heavy atom. The second kappa shape index (κ2) is 9.26. The number of hydrogen-bond acceptors (Lipinski definition) is 7. The van der Waals surface area contributed by atoms with Gasteiger partial charge in [0.25, 0.3) is 11.6 Å². The zero-order valence-corrected chi connectivity index (χ0v) is 16.8. The molecule has 0 atom stereocenters. The van der Waals surface area contributed by atoms with Gasteiger partial charge in [-0.15, -0.1) is 0 Å². The van der Waals surface area contributed by atoms with Crippen LogP contribution in [0.2, 0.25) is 0 Å². The summed E-state index contributed by atoms with van der Waals surface area (Å²) in [4.78, 5) is 22.1. The van der Waals surface area contributed by atoms with Gasteiger partial charge in [-0.3, -0.25) is 14.9 Å². The van der Waals surface area contributed by atoms with Crippen molar-refractivity contribution in [2.24, 2.45) is 5.10 Å². The Hall–Kier alpha value is -3.31. The van der Waals surface area contributed by atoms with Crippen molar-refractivity contribution in [2.75, 3.05) is 20.7 Å². The van der Waals surface area contributed by atoms with Crippen molar-refractivity contribution >= 4 is 27.8 Å². The minimum atomic E-state index is -3.96. The van der Waals surface area contributed by atoms with Crippen LogP contribution in [0, 0.1) is 17.0 Å². The van der Waals surface area contributed by atoms with Gasteiger partial charge in [-0.2, -0.15) is 9.41 Å². The first-order valence-electron chi connectivity index (χ1n) is 8.32. The molecule has 0 fully saturated rings. The van der Waals surface area contributed by atoms with Crippen LogP contribution in [-0.2, 0) is 14.8 Å². The summed E-state index contributed by atoms with van der Waals surface area (Å²) >= 11 is 0. The number of sulfonamides is 1. The first-order chi connectivity index (χ1) is 13.6. The normalized spacial score (nSPS) is 11.6. The van der Waals surface area contributed by atoms with Gasteiger partial charge in [0, 0.05) is 19.2 Å². The van der Waals surface area contributed by atoms with E-state index in [0.717, 1.165) is 9.87 Å². The number of benzene rings is 2. The summed E-state index contributed by atoms with van der Waals surface area (Å²) in [6, 6.07) is 10.3. The Balaban J connectivity index is 2.02. The van der Waals surface area contributed by atoms with Crippen molar-refractivity contribution in [3.63, 3.8) is 0 Å². The van der Waals surface area contributed by atoms with Crippen LogP contribution in [0.1, 0.15) is 11.1 Å². The quantitative estimate of drug-likeness (QED) is 0.393. The van der Waals surface area contributed by atoms with Crippen molar-refractivity contribution in [2.45, 2.75) is 11.8 Å². The number of aryl methyl sites for hydroxylation is 1. The third-order valence-electron chi connectivity index (χ3n) is 3.88. The molecule has 1 amide bonds. The van der Waals surface area contributed by atoms with Crippen LogP contribution in [0.25, 0.3) is 0 Å². The highest BCUT2D eigenvalue weighted by Gasteiger charge is 2.26. The van der Waals surface area contributed by atoms with E-state index in [4.69, 9.17) is 4.74 Å². The van der Waals surface area contributed by atoms with Gasteiger partial charge in [-0.25, -0.2) is 13.8 Å². The largest absolute Gasteiger partial charge is 0.495 e. The van der Waals surface area contributed by atoms with Crippen LogP contribution < -0.4 is 10.2 Å². The topological polar surface area (TPSA) is 131 Å². The van der Waals surface area contributed by atoms with E-state index in [1.165, 1.54) is 50.7 Å². The molecule has 11 heteroatoms. The van der Waals surface area contributed by atoms with E-state index in [9.17, 15) is 23.3 Å². The van der Waals surface area contributed by atoms with Gasteiger partial charge in [0.05, 0.1) is 24.8 Å². The smallest absolute Gasteiger partial charge is 0.269 e. The Labute approximate surface area is 168 Å². The number of nitro benzene ring substituents is 1. The average molecular weight is 420 g/mol. The molecule has 0 saturated heterocycles. The first kappa shape index (κ1) is 22.0. The second-order valence-corrected chi connectivity index (χ2v) is 8.07. The number of amides is 1. The van der Waals surface area contributed by atoms with Gasteiger partial charge in [-0.05, 0) is 42.3 Å². The van der Waals surface area contributed by atoms with Gasteiger partial charge in [0.2, 0.25) is 10.0 Å². The molecule has 0 aromatic heterocycles. The lowest BCUT2D eigenvalue weighted by Gasteiger charge is -2.18. The van der Waals surface area contributed by atoms with Crippen LogP contribution in [0.4, 0.5) is 5.69 Å². The van der Waals surface area contributed by atoms with Gasteiger partial charge >= 0.3 is 0 Å². The van der Waals surface area contributed by atoms with Gasteiger partial charge in [0.15, 0.2) is 0 Å². The molecule has 0 aliphatic carbocycles. The van der Waals surface area contributed by atoms with Crippen molar-refractivity contribution in [1.29, 1.82) is 0 Å². The molecule has 0 saturated carbocycles. The predicted octanol–water partition coefficient (Wildman–Crippen LogP) is 1.68. The molecule has 1 N–H and O–H groups in total. The maximum atomic E-state index is 12.8. The number of methoxy groups -OCH3 is 1. The molecule has 2 aromatic carbocycles. The summed E-state index contributed by atoms with van der Waals surface area (Å²) < 4.78 is 31.5. The molecule has 0 aliphatic rings. The molecule has 0 aliphatic heterocycles. The number of likely N-dealkylation sites (N-methyl/N-ethyl adjacent to an activating group) is 1. The van der Waals surface area contributed by atoms with Gasteiger partial charge < -0.3 is 4.74 Å². The Morgan fingerprint density at radius 3 is 2.52 bits per heavy atom. The lowest BCUT2D eigenvalue weighted by atomic mass is 10.2. The number of nitro groups is 1. The van der Waals surface area contributed by atoms with Crippen LogP contribution in [0.5, 0.6) is 5.75 Å². The second-order valence-electron chi connectivity index (χ2n) is 6.06. The predicted molar refractivity (Wildman–Crippen MR) is 106 cm³/mol. The number of hydrazone groups is 1. The maximum Gasteiger partial charge on any atom is 0.269 e. The molecule has 29 heavy (non-hydrogen) atoms. The lowest BCUT2D eigenvalue weighted by molar-refractivity contribution is -0.384. The number of hydrogen-bond donors (Lipinski definition) is 1. The number of carbonyl (C=O) groups is 1. The van der Waals surface area contributed by atoms with E-state index >= 15 is 0 Å². The first-order valence-corrected chi connectivity index (χ1v) is 9.76. The fraction of sp³-hybridized carbons (Fsp3) is 0.222. The maximum absolute atomic E-state index is 12.8. The van der Waals surface area contributed by atoms with E-state index in [1.807, 2.05) is 0 Å². The highest BCUT2D eigenvalue weighted by Crippen LogP contribution is 2.27. The molecule has 0 spiro atoms. The zero-order chi connectivity index (χ0) is 21.6. The van der Waals surface area contributed by atoms with Gasteiger partial charge in [-0.1, -0.05) is 6.07 Å². The van der Waals surface area contributed by atoms with Crippen LogP contribution in [0.15, 0.2) is 52.5 Å². The van der Waals surface area contributed by atoms with Gasteiger partial charge in [0.1, 0.15) is 10.6 Å². The van der Waals surface area contributed by atoms with E-state index in [2.05, 4.69) is 10.5 Å². The number of rotatable bonds is 8. The lowest BCUT2D eigenvalue weighted by Crippen LogP contribution is -2.36. The molecular formula is C18H20N4O6S. The Morgan fingerprint density at radius 2 is 1.93 bits per heavy atom. The van der Waals surface area contributed by atoms with Crippen molar-refractivity contribution in [1.82, 2.24) is 9.73 Å². The highest BCUT2D eigenvalue weighted by molar-refractivity contribution is 7.89. The van der Waals surface area contributed by atoms with Crippen LogP contribution in [0.3, 0.4) is 0 Å². The summed E-state index contributed by atoms with van der Waals surface area (Å²) in [6.45, 7) is 1.29. The SMILES string of the molecule is COc1ccc(C)cc1S(=O)(=O)N(C)CC(=O)NN=Cc1ccc([N+](=O)[O-])cc1. The fourth-order valence-corrected chi connectivity index (χ4v) is 3.70. The standard InChI is InChI=1S/C18H20N4O6S/c1-13-4-9-16(28-3)17(10-13)29(26,27)21(2)12-18(23)20-19-11-14-5-7-15(8-6-14)22(24)25/h4-11H,12H2,1-3H3,(H,20,23). The molecule has 10 nitrogen and oxygen atoms in total. The number of non-ortho nitro benzene ring substituents is 1. The van der Waals surface area contributed by atoms with Crippen LogP contribution in [-0.4, -0.2) is 50.5 Å².